The maximum atomic E-state index is 13.0. The molecule has 0 saturated heterocycles. The summed E-state index contributed by atoms with van der Waals surface area (Å²) >= 11 is 0. The lowest BCUT2D eigenvalue weighted by Crippen LogP contribution is -2.35. The Labute approximate surface area is 173 Å². The van der Waals surface area contributed by atoms with Gasteiger partial charge in [-0.15, -0.1) is 0 Å². The zero-order chi connectivity index (χ0) is 21.0. The molecule has 1 aliphatic carbocycles. The van der Waals surface area contributed by atoms with E-state index in [4.69, 9.17) is 4.74 Å². The third-order valence-electron chi connectivity index (χ3n) is 5.28. The van der Waals surface area contributed by atoms with Crippen molar-refractivity contribution in [2.24, 2.45) is 0 Å². The molecular formula is C23H29NO4S. The smallest absolute Gasteiger partial charge is 0.306 e. The predicted molar refractivity (Wildman–Crippen MR) is 113 cm³/mol. The third kappa shape index (κ3) is 5.25. The molecule has 0 radical (unpaired) electrons. The molecule has 0 saturated carbocycles. The van der Waals surface area contributed by atoms with Gasteiger partial charge < -0.3 is 4.74 Å². The topological polar surface area (TPSA) is 72.5 Å². The Morgan fingerprint density at radius 2 is 1.86 bits per heavy atom. The van der Waals surface area contributed by atoms with Crippen LogP contribution in [0.1, 0.15) is 55.4 Å². The molecule has 0 bridgehead atoms. The average molecular weight is 416 g/mol. The van der Waals surface area contributed by atoms with E-state index in [9.17, 15) is 13.2 Å². The summed E-state index contributed by atoms with van der Waals surface area (Å²) in [6.07, 6.45) is 2.32. The van der Waals surface area contributed by atoms with E-state index in [2.05, 4.69) is 10.8 Å². The van der Waals surface area contributed by atoms with Gasteiger partial charge in [0, 0.05) is 12.5 Å². The largest absolute Gasteiger partial charge is 0.466 e. The number of aryl methyl sites for hydroxylation is 1. The van der Waals surface area contributed by atoms with Crippen molar-refractivity contribution in [3.8, 4) is 0 Å². The molecule has 29 heavy (non-hydrogen) atoms. The van der Waals surface area contributed by atoms with Crippen molar-refractivity contribution in [2.75, 3.05) is 6.61 Å². The maximum absolute atomic E-state index is 13.0. The van der Waals surface area contributed by atoms with Gasteiger partial charge in [-0.25, -0.2) is 13.1 Å². The van der Waals surface area contributed by atoms with Gasteiger partial charge >= 0.3 is 5.97 Å². The molecule has 1 aliphatic rings. The first-order chi connectivity index (χ1) is 13.8. The molecule has 1 N–H and O–H groups in total. The fraction of sp³-hybridized carbons (Fsp3) is 0.435. The van der Waals surface area contributed by atoms with Crippen LogP contribution in [0.2, 0.25) is 0 Å². The first-order valence-electron chi connectivity index (χ1n) is 10.2. The van der Waals surface area contributed by atoms with Crippen LogP contribution in [0.15, 0.2) is 47.4 Å². The molecule has 2 aromatic rings. The van der Waals surface area contributed by atoms with Crippen molar-refractivity contribution >= 4 is 16.0 Å². The summed E-state index contributed by atoms with van der Waals surface area (Å²) in [7, 11) is -3.59. The first-order valence-corrected chi connectivity index (χ1v) is 11.7. The molecule has 6 heteroatoms. The summed E-state index contributed by atoms with van der Waals surface area (Å²) in [6, 6.07) is 13.2. The molecule has 1 atom stereocenters. The van der Waals surface area contributed by atoms with Gasteiger partial charge in [0.15, 0.2) is 0 Å². The quantitative estimate of drug-likeness (QED) is 0.667. The summed E-state index contributed by atoms with van der Waals surface area (Å²) in [4.78, 5) is 11.9. The van der Waals surface area contributed by atoms with Gasteiger partial charge in [-0.3, -0.25) is 4.79 Å². The molecule has 0 spiro atoms. The Kier molecular flexibility index (Phi) is 6.75. The van der Waals surface area contributed by atoms with Crippen LogP contribution in [0.4, 0.5) is 0 Å². The summed E-state index contributed by atoms with van der Waals surface area (Å²) in [6.45, 7) is 6.19. The number of esters is 1. The molecule has 5 nitrogen and oxygen atoms in total. The summed E-state index contributed by atoms with van der Waals surface area (Å²) in [5, 5.41) is 0. The minimum absolute atomic E-state index is 0.130. The Morgan fingerprint density at radius 1 is 1.14 bits per heavy atom. The highest BCUT2D eigenvalue weighted by Gasteiger charge is 2.28. The second-order valence-corrected chi connectivity index (χ2v) is 9.51. The first kappa shape index (κ1) is 21.5. The van der Waals surface area contributed by atoms with Crippen LogP contribution in [-0.2, 0) is 38.8 Å². The van der Waals surface area contributed by atoms with Crippen molar-refractivity contribution in [3.63, 3.8) is 0 Å². The molecule has 3 rings (SSSR count). The number of ether oxygens (including phenoxy) is 1. The third-order valence-corrected chi connectivity index (χ3v) is 6.87. The van der Waals surface area contributed by atoms with Crippen LogP contribution in [0.5, 0.6) is 0 Å². The van der Waals surface area contributed by atoms with Crippen molar-refractivity contribution < 1.29 is 17.9 Å². The van der Waals surface area contributed by atoms with Gasteiger partial charge in [0.1, 0.15) is 0 Å². The minimum Gasteiger partial charge on any atom is -0.466 e. The van der Waals surface area contributed by atoms with E-state index in [1.165, 1.54) is 0 Å². The molecule has 0 aliphatic heterocycles. The number of sulfonamides is 1. The van der Waals surface area contributed by atoms with Crippen LogP contribution in [0, 0.1) is 0 Å². The van der Waals surface area contributed by atoms with E-state index in [0.717, 1.165) is 22.3 Å². The second kappa shape index (κ2) is 9.09. The lowest BCUT2D eigenvalue weighted by molar-refractivity contribution is -0.143. The second-order valence-electron chi connectivity index (χ2n) is 7.83. The number of fused-ring (bicyclic) bond motifs is 1. The van der Waals surface area contributed by atoms with Gasteiger partial charge in [-0.2, -0.15) is 0 Å². The van der Waals surface area contributed by atoms with Crippen LogP contribution in [0.3, 0.4) is 0 Å². The summed E-state index contributed by atoms with van der Waals surface area (Å²) in [5.41, 5.74) is 4.22. The Bertz CT molecular complexity index is 982. The lowest BCUT2D eigenvalue weighted by atomic mass is 10.0. The molecule has 156 valence electrons. The highest BCUT2D eigenvalue weighted by molar-refractivity contribution is 7.89. The molecular weight excluding hydrogens is 386 g/mol. The maximum Gasteiger partial charge on any atom is 0.306 e. The highest BCUT2D eigenvalue weighted by Crippen LogP contribution is 2.27. The Morgan fingerprint density at radius 3 is 2.59 bits per heavy atom. The number of carbonyl (C=O) groups is 1. The number of rotatable bonds is 8. The van der Waals surface area contributed by atoms with Gasteiger partial charge in [-0.1, -0.05) is 50.2 Å². The Hall–Kier alpha value is -2.18. The lowest BCUT2D eigenvalue weighted by Gasteiger charge is -2.17. The predicted octanol–water partition coefficient (Wildman–Crippen LogP) is 3.75. The van der Waals surface area contributed by atoms with Crippen molar-refractivity contribution in [3.05, 3.63) is 64.7 Å². The van der Waals surface area contributed by atoms with Crippen LogP contribution < -0.4 is 4.72 Å². The Balaban J connectivity index is 1.68. The number of carbonyl (C=O) groups excluding carboxylic acids is 1. The number of hydrogen-bond acceptors (Lipinski definition) is 4. The van der Waals surface area contributed by atoms with Crippen LogP contribution in [0.25, 0.3) is 0 Å². The van der Waals surface area contributed by atoms with E-state index >= 15 is 0 Å². The summed E-state index contributed by atoms with van der Waals surface area (Å²) in [5.74, 6) is -0.0621. The normalized spacial score (nSPS) is 16.1. The monoisotopic (exact) mass is 415 g/mol. The highest BCUT2D eigenvalue weighted by atomic mass is 32.2. The van der Waals surface area contributed by atoms with E-state index in [0.29, 0.717) is 37.2 Å². The van der Waals surface area contributed by atoms with E-state index in [-0.39, 0.29) is 17.9 Å². The fourth-order valence-corrected chi connectivity index (χ4v) is 5.48. The SMILES string of the molecule is CCOC(=O)CCc1ccc2c(c1)CC(NS(=O)(=O)c1ccccc1C(C)C)C2. The van der Waals surface area contributed by atoms with Gasteiger partial charge in [0.05, 0.1) is 11.5 Å². The van der Waals surface area contributed by atoms with Crippen molar-refractivity contribution in [2.45, 2.75) is 63.3 Å². The van der Waals surface area contributed by atoms with Gasteiger partial charge in [0.2, 0.25) is 10.0 Å². The number of benzene rings is 2. The van der Waals surface area contributed by atoms with E-state index in [1.807, 2.05) is 38.1 Å². The zero-order valence-electron chi connectivity index (χ0n) is 17.3. The van der Waals surface area contributed by atoms with Gasteiger partial charge in [-0.05, 0) is 60.4 Å². The molecule has 0 amide bonds. The fourth-order valence-electron chi connectivity index (χ4n) is 3.88. The number of nitrogens with one attached hydrogen (secondary N) is 1. The molecule has 1 unspecified atom stereocenters. The molecule has 0 heterocycles. The van der Waals surface area contributed by atoms with Crippen molar-refractivity contribution in [1.29, 1.82) is 0 Å². The van der Waals surface area contributed by atoms with Crippen LogP contribution >= 0.6 is 0 Å². The molecule has 0 aromatic heterocycles. The standard InChI is InChI=1S/C23H29NO4S/c1-4-28-23(25)12-10-17-9-11-18-14-20(15-19(18)13-17)24-29(26,27)22-8-6-5-7-21(22)16(2)3/h5-9,11,13,16,20,24H,4,10,12,14-15H2,1-3H3. The van der Waals surface area contributed by atoms with Gasteiger partial charge in [0.25, 0.3) is 0 Å². The average Bonchev–Trinajstić information content (AvgIpc) is 3.07. The van der Waals surface area contributed by atoms with Crippen LogP contribution in [-0.4, -0.2) is 27.0 Å². The zero-order valence-corrected chi connectivity index (χ0v) is 18.1. The van der Waals surface area contributed by atoms with Crippen molar-refractivity contribution in [1.82, 2.24) is 4.72 Å². The van der Waals surface area contributed by atoms with E-state index < -0.39 is 10.0 Å². The summed E-state index contributed by atoms with van der Waals surface area (Å²) < 4.78 is 33.9. The molecule has 0 fully saturated rings. The minimum atomic E-state index is -3.59. The number of hydrogen-bond donors (Lipinski definition) is 1. The van der Waals surface area contributed by atoms with E-state index in [1.54, 1.807) is 19.1 Å². The molecule has 2 aromatic carbocycles.